The van der Waals surface area contributed by atoms with Crippen LogP contribution < -0.4 is 4.74 Å². The Morgan fingerprint density at radius 3 is 2.55 bits per heavy atom. The number of ketones is 1. The summed E-state index contributed by atoms with van der Waals surface area (Å²) in [6, 6.07) is 16.9. The Bertz CT molecular complexity index is 1460. The fraction of sp³-hybridized carbons (Fsp3) is 0.120. The number of fused-ring (bicyclic) bond motifs is 1. The molecule has 5 rings (SSSR count). The van der Waals surface area contributed by atoms with Crippen molar-refractivity contribution in [2.45, 2.75) is 13.5 Å². The highest BCUT2D eigenvalue weighted by molar-refractivity contribution is 6.30. The van der Waals surface area contributed by atoms with E-state index in [0.717, 1.165) is 22.2 Å². The molecule has 0 amide bonds. The van der Waals surface area contributed by atoms with Crippen molar-refractivity contribution in [3.8, 4) is 11.7 Å². The molecule has 0 bridgehead atoms. The Hall–Kier alpha value is -3.97. The third kappa shape index (κ3) is 3.87. The first kappa shape index (κ1) is 20.9. The van der Waals surface area contributed by atoms with Crippen molar-refractivity contribution >= 4 is 28.3 Å². The molecule has 8 heteroatoms. The molecule has 0 unspecified atom stereocenters. The zero-order valence-corrected chi connectivity index (χ0v) is 18.8. The second-order valence-corrected chi connectivity index (χ2v) is 8.02. The van der Waals surface area contributed by atoms with Crippen LogP contribution in [0, 0.1) is 6.92 Å². The van der Waals surface area contributed by atoms with E-state index in [0.29, 0.717) is 34.5 Å². The van der Waals surface area contributed by atoms with Crippen LogP contribution >= 0.6 is 11.6 Å². The Kier molecular flexibility index (Phi) is 5.40. The fourth-order valence-corrected chi connectivity index (χ4v) is 4.07. The van der Waals surface area contributed by atoms with Crippen molar-refractivity contribution in [3.05, 3.63) is 101 Å². The molecule has 0 saturated carbocycles. The summed E-state index contributed by atoms with van der Waals surface area (Å²) in [6.07, 6.45) is 4.95. The summed E-state index contributed by atoms with van der Waals surface area (Å²) in [6.45, 7) is 2.55. The number of aromatic nitrogens is 5. The molecule has 0 aliphatic rings. The molecule has 7 nitrogen and oxygen atoms in total. The maximum atomic E-state index is 13.6. The van der Waals surface area contributed by atoms with Gasteiger partial charge in [0.1, 0.15) is 11.4 Å². The molecule has 0 aliphatic carbocycles. The minimum atomic E-state index is -0.171. The molecular formula is C25H20ClN5O2. The minimum Gasteiger partial charge on any atom is -0.497 e. The molecule has 0 fully saturated rings. The molecule has 5 aromatic rings. The van der Waals surface area contributed by atoms with Crippen molar-refractivity contribution in [1.82, 2.24) is 24.3 Å². The minimum absolute atomic E-state index is 0.171. The van der Waals surface area contributed by atoms with Gasteiger partial charge >= 0.3 is 0 Å². The molecule has 0 radical (unpaired) electrons. The van der Waals surface area contributed by atoms with Crippen molar-refractivity contribution in [2.24, 2.45) is 0 Å². The van der Waals surface area contributed by atoms with E-state index in [9.17, 15) is 4.79 Å². The molecule has 164 valence electrons. The number of nitrogens with zero attached hydrogens (tertiary/aromatic N) is 5. The number of ether oxygens (including phenoxy) is 1. The maximum absolute atomic E-state index is 13.6. The van der Waals surface area contributed by atoms with Crippen molar-refractivity contribution in [1.29, 1.82) is 0 Å². The number of hydrogen-bond donors (Lipinski definition) is 0. The molecule has 3 aromatic heterocycles. The van der Waals surface area contributed by atoms with Gasteiger partial charge in [0.25, 0.3) is 0 Å². The van der Waals surface area contributed by atoms with Crippen LogP contribution in [0.25, 0.3) is 16.9 Å². The van der Waals surface area contributed by atoms with E-state index in [1.165, 1.54) is 4.68 Å². The third-order valence-electron chi connectivity index (χ3n) is 5.59. The van der Waals surface area contributed by atoms with Gasteiger partial charge in [-0.1, -0.05) is 23.7 Å². The van der Waals surface area contributed by atoms with E-state index in [1.807, 2.05) is 49.4 Å². The summed E-state index contributed by atoms with van der Waals surface area (Å²) < 4.78 is 9.06. The third-order valence-corrected chi connectivity index (χ3v) is 5.84. The maximum Gasteiger partial charge on any atom is 0.250 e. The summed E-state index contributed by atoms with van der Waals surface area (Å²) in [5, 5.41) is 5.94. The monoisotopic (exact) mass is 457 g/mol. The van der Waals surface area contributed by atoms with Gasteiger partial charge in [-0.3, -0.25) is 4.79 Å². The predicted octanol–water partition coefficient (Wildman–Crippen LogP) is 4.87. The summed E-state index contributed by atoms with van der Waals surface area (Å²) in [7, 11) is 1.61. The first-order valence-electron chi connectivity index (χ1n) is 10.3. The summed E-state index contributed by atoms with van der Waals surface area (Å²) in [5.41, 5.74) is 3.79. The van der Waals surface area contributed by atoms with Crippen LogP contribution in [0.5, 0.6) is 5.75 Å². The standard InChI is InChI=1S/C25H20ClN5O2/c1-16-23(24(32)21-10-13-31(29-21)25-27-11-3-12-28-25)20-14-19(33-2)8-9-22(20)30(16)15-17-4-6-18(26)7-5-17/h3-14H,15H2,1-2H3. The summed E-state index contributed by atoms with van der Waals surface area (Å²) >= 11 is 6.05. The Morgan fingerprint density at radius 1 is 1.06 bits per heavy atom. The lowest BCUT2D eigenvalue weighted by Gasteiger charge is -2.09. The molecule has 0 aliphatic heterocycles. The van der Waals surface area contributed by atoms with E-state index < -0.39 is 0 Å². The predicted molar refractivity (Wildman–Crippen MR) is 126 cm³/mol. The van der Waals surface area contributed by atoms with Gasteiger partial charge in [0, 0.05) is 46.8 Å². The van der Waals surface area contributed by atoms with E-state index in [1.54, 1.807) is 37.8 Å². The second kappa shape index (κ2) is 8.52. The van der Waals surface area contributed by atoms with Gasteiger partial charge in [-0.2, -0.15) is 5.10 Å². The first-order chi connectivity index (χ1) is 16.0. The smallest absolute Gasteiger partial charge is 0.250 e. The highest BCUT2D eigenvalue weighted by Crippen LogP contribution is 2.32. The van der Waals surface area contributed by atoms with Crippen LogP contribution in [0.3, 0.4) is 0 Å². The highest BCUT2D eigenvalue weighted by Gasteiger charge is 2.24. The largest absolute Gasteiger partial charge is 0.497 e. The Balaban J connectivity index is 1.61. The van der Waals surface area contributed by atoms with Crippen LogP contribution in [0.4, 0.5) is 0 Å². The summed E-state index contributed by atoms with van der Waals surface area (Å²) in [5.74, 6) is 0.916. The average molecular weight is 458 g/mol. The first-order valence-corrected chi connectivity index (χ1v) is 10.7. The van der Waals surface area contributed by atoms with E-state index in [2.05, 4.69) is 19.6 Å². The van der Waals surface area contributed by atoms with Gasteiger partial charge in [0.05, 0.1) is 12.7 Å². The Labute approximate surface area is 195 Å². The topological polar surface area (TPSA) is 74.8 Å². The lowest BCUT2D eigenvalue weighted by Crippen LogP contribution is -2.08. The van der Waals surface area contributed by atoms with Crippen LogP contribution in [-0.4, -0.2) is 37.2 Å². The summed E-state index contributed by atoms with van der Waals surface area (Å²) in [4.78, 5) is 22.0. The van der Waals surface area contributed by atoms with Gasteiger partial charge in [-0.05, 0) is 55.0 Å². The molecule has 0 spiro atoms. The molecule has 2 aromatic carbocycles. The van der Waals surface area contributed by atoms with Crippen molar-refractivity contribution in [3.63, 3.8) is 0 Å². The molecular weight excluding hydrogens is 438 g/mol. The molecule has 0 atom stereocenters. The number of halogens is 1. The number of rotatable bonds is 6. The van der Waals surface area contributed by atoms with Crippen LogP contribution in [-0.2, 0) is 6.54 Å². The highest BCUT2D eigenvalue weighted by atomic mass is 35.5. The van der Waals surface area contributed by atoms with E-state index >= 15 is 0 Å². The zero-order valence-electron chi connectivity index (χ0n) is 18.1. The van der Waals surface area contributed by atoms with Crippen LogP contribution in [0.2, 0.25) is 5.02 Å². The quantitative estimate of drug-likeness (QED) is 0.340. The second-order valence-electron chi connectivity index (χ2n) is 7.58. The molecule has 3 heterocycles. The Morgan fingerprint density at radius 2 is 1.82 bits per heavy atom. The molecule has 0 saturated heterocycles. The van der Waals surface area contributed by atoms with Crippen LogP contribution in [0.15, 0.2) is 73.2 Å². The van der Waals surface area contributed by atoms with E-state index in [4.69, 9.17) is 16.3 Å². The SMILES string of the molecule is COc1ccc2c(c1)c(C(=O)c1ccn(-c3ncccn3)n1)c(C)n2Cc1ccc(Cl)cc1. The van der Waals surface area contributed by atoms with Gasteiger partial charge in [-0.15, -0.1) is 0 Å². The van der Waals surface area contributed by atoms with Gasteiger partial charge in [0.2, 0.25) is 11.7 Å². The van der Waals surface area contributed by atoms with E-state index in [-0.39, 0.29) is 5.78 Å². The average Bonchev–Trinajstić information content (AvgIpc) is 3.44. The van der Waals surface area contributed by atoms with Gasteiger partial charge in [0.15, 0.2) is 0 Å². The number of carbonyl (C=O) groups excluding carboxylic acids is 1. The van der Waals surface area contributed by atoms with Crippen molar-refractivity contribution in [2.75, 3.05) is 7.11 Å². The van der Waals surface area contributed by atoms with Crippen LogP contribution in [0.1, 0.15) is 27.3 Å². The normalized spacial score (nSPS) is 11.1. The van der Waals surface area contributed by atoms with Gasteiger partial charge < -0.3 is 9.30 Å². The number of carbonyl (C=O) groups is 1. The number of benzene rings is 2. The fourth-order valence-electron chi connectivity index (χ4n) is 3.95. The van der Waals surface area contributed by atoms with Crippen molar-refractivity contribution < 1.29 is 9.53 Å². The lowest BCUT2D eigenvalue weighted by molar-refractivity contribution is 0.103. The van der Waals surface area contributed by atoms with Gasteiger partial charge in [-0.25, -0.2) is 14.6 Å². The lowest BCUT2D eigenvalue weighted by atomic mass is 10.0. The number of hydrogen-bond acceptors (Lipinski definition) is 5. The number of methoxy groups -OCH3 is 1. The molecule has 0 N–H and O–H groups in total. The zero-order chi connectivity index (χ0) is 22.9. The molecule has 33 heavy (non-hydrogen) atoms.